The summed E-state index contributed by atoms with van der Waals surface area (Å²) < 4.78 is 0. The SMILES string of the molecule is CCCC(C)N(C)C(=O)c1cc(Cl)c(NC)c([N+](=O)[O-])c1. The Morgan fingerprint density at radius 3 is 2.62 bits per heavy atom. The zero-order valence-corrected chi connectivity index (χ0v) is 13.4. The molecule has 1 aromatic carbocycles. The Balaban J connectivity index is 3.19. The molecule has 1 unspecified atom stereocenters. The number of benzene rings is 1. The average molecular weight is 314 g/mol. The molecule has 116 valence electrons. The maximum absolute atomic E-state index is 12.4. The minimum Gasteiger partial charge on any atom is -0.381 e. The minimum absolute atomic E-state index is 0.0595. The van der Waals surface area contributed by atoms with Gasteiger partial charge in [0, 0.05) is 31.8 Å². The van der Waals surface area contributed by atoms with Gasteiger partial charge in [-0.25, -0.2) is 0 Å². The number of amides is 1. The van der Waals surface area contributed by atoms with E-state index in [2.05, 4.69) is 5.32 Å². The Kier molecular flexibility index (Phi) is 5.96. The van der Waals surface area contributed by atoms with Gasteiger partial charge in [0.1, 0.15) is 5.69 Å². The Bertz CT molecular complexity index is 549. The number of rotatable bonds is 6. The fourth-order valence-electron chi connectivity index (χ4n) is 2.12. The first-order chi connectivity index (χ1) is 9.83. The van der Waals surface area contributed by atoms with Crippen molar-refractivity contribution < 1.29 is 9.72 Å². The maximum atomic E-state index is 12.4. The third-order valence-corrected chi connectivity index (χ3v) is 3.75. The van der Waals surface area contributed by atoms with E-state index < -0.39 is 4.92 Å². The van der Waals surface area contributed by atoms with E-state index in [0.717, 1.165) is 12.8 Å². The van der Waals surface area contributed by atoms with Crippen LogP contribution in [0.15, 0.2) is 12.1 Å². The van der Waals surface area contributed by atoms with Crippen molar-refractivity contribution in [2.45, 2.75) is 32.7 Å². The number of nitrogens with one attached hydrogen (secondary N) is 1. The summed E-state index contributed by atoms with van der Waals surface area (Å²) >= 11 is 6.03. The second-order valence-corrected chi connectivity index (χ2v) is 5.32. The van der Waals surface area contributed by atoms with Gasteiger partial charge in [-0.1, -0.05) is 24.9 Å². The largest absolute Gasteiger partial charge is 0.381 e. The van der Waals surface area contributed by atoms with Crippen LogP contribution < -0.4 is 5.32 Å². The monoisotopic (exact) mass is 313 g/mol. The van der Waals surface area contributed by atoms with E-state index in [-0.39, 0.29) is 33.9 Å². The molecule has 0 aromatic heterocycles. The molecule has 7 heteroatoms. The van der Waals surface area contributed by atoms with Crippen molar-refractivity contribution in [2.75, 3.05) is 19.4 Å². The molecule has 0 fully saturated rings. The summed E-state index contributed by atoms with van der Waals surface area (Å²) in [6.45, 7) is 3.98. The fourth-order valence-corrected chi connectivity index (χ4v) is 2.43. The normalized spacial score (nSPS) is 11.9. The zero-order chi connectivity index (χ0) is 16.2. The number of hydrogen-bond donors (Lipinski definition) is 1. The zero-order valence-electron chi connectivity index (χ0n) is 12.6. The van der Waals surface area contributed by atoms with Crippen LogP contribution in [0.25, 0.3) is 0 Å². The van der Waals surface area contributed by atoms with Crippen molar-refractivity contribution in [3.63, 3.8) is 0 Å². The molecule has 1 aromatic rings. The number of hydrogen-bond acceptors (Lipinski definition) is 4. The molecule has 1 atom stereocenters. The number of nitro benzene ring substituents is 1. The molecular weight excluding hydrogens is 294 g/mol. The Morgan fingerprint density at radius 1 is 1.52 bits per heavy atom. The number of anilines is 1. The molecule has 21 heavy (non-hydrogen) atoms. The van der Waals surface area contributed by atoms with Gasteiger partial charge in [-0.2, -0.15) is 0 Å². The highest BCUT2D eigenvalue weighted by Gasteiger charge is 2.23. The van der Waals surface area contributed by atoms with Gasteiger partial charge < -0.3 is 10.2 Å². The minimum atomic E-state index is -0.552. The second kappa shape index (κ2) is 7.26. The number of carbonyl (C=O) groups is 1. The van der Waals surface area contributed by atoms with Crippen molar-refractivity contribution in [2.24, 2.45) is 0 Å². The molecule has 0 saturated heterocycles. The molecule has 1 rings (SSSR count). The lowest BCUT2D eigenvalue weighted by atomic mass is 10.1. The van der Waals surface area contributed by atoms with Gasteiger partial charge in [-0.15, -0.1) is 0 Å². The smallest absolute Gasteiger partial charge is 0.294 e. The van der Waals surface area contributed by atoms with Gasteiger partial charge >= 0.3 is 0 Å². The molecule has 1 amide bonds. The van der Waals surface area contributed by atoms with E-state index in [4.69, 9.17) is 11.6 Å². The lowest BCUT2D eigenvalue weighted by molar-refractivity contribution is -0.384. The molecule has 0 spiro atoms. The van der Waals surface area contributed by atoms with Crippen LogP contribution in [0, 0.1) is 10.1 Å². The standard InChI is InChI=1S/C14H20ClN3O3/c1-5-6-9(2)17(4)14(19)10-7-11(15)13(16-3)12(8-10)18(20)21/h7-9,16H,5-6H2,1-4H3. The summed E-state index contributed by atoms with van der Waals surface area (Å²) in [7, 11) is 3.24. The predicted molar refractivity (Wildman–Crippen MR) is 84.1 cm³/mol. The summed E-state index contributed by atoms with van der Waals surface area (Å²) in [5, 5.41) is 13.9. The van der Waals surface area contributed by atoms with Crippen molar-refractivity contribution >= 4 is 28.9 Å². The fraction of sp³-hybridized carbons (Fsp3) is 0.500. The highest BCUT2D eigenvalue weighted by Crippen LogP contribution is 2.33. The number of carbonyl (C=O) groups excluding carboxylic acids is 1. The summed E-state index contributed by atoms with van der Waals surface area (Å²) in [6.07, 6.45) is 1.82. The van der Waals surface area contributed by atoms with Crippen LogP contribution in [0.1, 0.15) is 37.0 Å². The molecule has 0 bridgehead atoms. The third-order valence-electron chi connectivity index (χ3n) is 3.45. The Morgan fingerprint density at radius 2 is 2.14 bits per heavy atom. The Hall–Kier alpha value is -1.82. The molecule has 0 aliphatic carbocycles. The summed E-state index contributed by atoms with van der Waals surface area (Å²) in [6, 6.07) is 2.77. The van der Waals surface area contributed by atoms with Crippen LogP contribution in [-0.2, 0) is 0 Å². The molecule has 0 aliphatic rings. The topological polar surface area (TPSA) is 75.5 Å². The summed E-state index contributed by atoms with van der Waals surface area (Å²) in [4.78, 5) is 24.5. The van der Waals surface area contributed by atoms with Crippen molar-refractivity contribution in [3.05, 3.63) is 32.8 Å². The van der Waals surface area contributed by atoms with E-state index in [0.29, 0.717) is 0 Å². The van der Waals surface area contributed by atoms with Crippen LogP contribution in [0.4, 0.5) is 11.4 Å². The molecule has 0 radical (unpaired) electrons. The van der Waals surface area contributed by atoms with Gasteiger partial charge in [0.25, 0.3) is 11.6 Å². The first kappa shape index (κ1) is 17.2. The second-order valence-electron chi connectivity index (χ2n) is 4.91. The number of nitrogens with zero attached hydrogens (tertiary/aromatic N) is 2. The van der Waals surface area contributed by atoms with E-state index in [9.17, 15) is 14.9 Å². The van der Waals surface area contributed by atoms with Crippen molar-refractivity contribution in [3.8, 4) is 0 Å². The van der Waals surface area contributed by atoms with Crippen molar-refractivity contribution in [1.29, 1.82) is 0 Å². The number of nitro groups is 1. The van der Waals surface area contributed by atoms with Gasteiger partial charge in [0.05, 0.1) is 9.95 Å². The lowest BCUT2D eigenvalue weighted by Crippen LogP contribution is -2.35. The van der Waals surface area contributed by atoms with Gasteiger partial charge in [0.2, 0.25) is 0 Å². The first-order valence-electron chi connectivity index (χ1n) is 6.76. The van der Waals surface area contributed by atoms with Crippen LogP contribution >= 0.6 is 11.6 Å². The molecule has 0 heterocycles. The van der Waals surface area contributed by atoms with Crippen LogP contribution in [0.5, 0.6) is 0 Å². The highest BCUT2D eigenvalue weighted by molar-refractivity contribution is 6.34. The Labute approximate surface area is 129 Å². The third kappa shape index (κ3) is 3.85. The molecule has 6 nitrogen and oxygen atoms in total. The average Bonchev–Trinajstić information content (AvgIpc) is 2.44. The number of halogens is 1. The van der Waals surface area contributed by atoms with Crippen LogP contribution in [-0.4, -0.2) is 35.9 Å². The van der Waals surface area contributed by atoms with Crippen LogP contribution in [0.2, 0.25) is 5.02 Å². The van der Waals surface area contributed by atoms with Gasteiger partial charge in [-0.3, -0.25) is 14.9 Å². The van der Waals surface area contributed by atoms with E-state index >= 15 is 0 Å². The summed E-state index contributed by atoms with van der Waals surface area (Å²) in [5.74, 6) is -0.274. The van der Waals surface area contributed by atoms with E-state index in [1.807, 2.05) is 13.8 Å². The maximum Gasteiger partial charge on any atom is 0.294 e. The highest BCUT2D eigenvalue weighted by atomic mass is 35.5. The quantitative estimate of drug-likeness (QED) is 0.643. The first-order valence-corrected chi connectivity index (χ1v) is 7.14. The van der Waals surface area contributed by atoms with Crippen molar-refractivity contribution in [1.82, 2.24) is 4.90 Å². The van der Waals surface area contributed by atoms with Crippen LogP contribution in [0.3, 0.4) is 0 Å². The van der Waals surface area contributed by atoms with E-state index in [1.54, 1.807) is 19.0 Å². The van der Waals surface area contributed by atoms with Gasteiger partial charge in [-0.05, 0) is 19.4 Å². The van der Waals surface area contributed by atoms with Gasteiger partial charge in [0.15, 0.2) is 0 Å². The predicted octanol–water partition coefficient (Wildman–Crippen LogP) is 3.55. The molecule has 0 aliphatic heterocycles. The lowest BCUT2D eigenvalue weighted by Gasteiger charge is -2.24. The van der Waals surface area contributed by atoms with E-state index in [1.165, 1.54) is 12.1 Å². The molecule has 0 saturated carbocycles. The molecule has 1 N–H and O–H groups in total. The summed E-state index contributed by atoms with van der Waals surface area (Å²) in [5.41, 5.74) is 0.225. The molecular formula is C14H20ClN3O3.